The Kier molecular flexibility index (Phi) is 5.88. The third-order valence-corrected chi connectivity index (χ3v) is 6.05. The first-order valence-electron chi connectivity index (χ1n) is 9.18. The number of nitrogens with one attached hydrogen (secondary N) is 1. The molecule has 1 amide bonds. The summed E-state index contributed by atoms with van der Waals surface area (Å²) in [7, 11) is 0. The van der Waals surface area contributed by atoms with E-state index in [0.29, 0.717) is 17.3 Å². The summed E-state index contributed by atoms with van der Waals surface area (Å²) in [5.74, 6) is -0.726. The zero-order chi connectivity index (χ0) is 22.1. The van der Waals surface area contributed by atoms with Crippen molar-refractivity contribution in [1.82, 2.24) is 34.3 Å². The maximum Gasteiger partial charge on any atom is 0.278 e. The molecular weight excluding hydrogens is 491 g/mol. The number of hydrogen-bond acceptors (Lipinski definition) is 5. The van der Waals surface area contributed by atoms with E-state index in [0.717, 1.165) is 15.9 Å². The highest BCUT2D eigenvalue weighted by Crippen LogP contribution is 2.20. The molecule has 0 spiro atoms. The number of hydrogen-bond donors (Lipinski definition) is 1. The zero-order valence-electron chi connectivity index (χ0n) is 16.6. The number of anilines is 1. The Bertz CT molecular complexity index is 1260. The fourth-order valence-corrected chi connectivity index (χ4v) is 3.44. The summed E-state index contributed by atoms with van der Waals surface area (Å²) < 4.78 is 19.0. The Hall–Kier alpha value is -3.05. The van der Waals surface area contributed by atoms with E-state index in [1.807, 2.05) is 13.8 Å². The van der Waals surface area contributed by atoms with Gasteiger partial charge in [-0.05, 0) is 53.5 Å². The van der Waals surface area contributed by atoms with Crippen LogP contribution in [-0.4, -0.2) is 40.2 Å². The van der Waals surface area contributed by atoms with Crippen molar-refractivity contribution in [2.45, 2.75) is 27.1 Å². The Morgan fingerprint density at radius 1 is 1.19 bits per heavy atom. The predicted molar refractivity (Wildman–Crippen MR) is 116 cm³/mol. The maximum absolute atomic E-state index is 13.2. The molecule has 0 fully saturated rings. The topological polar surface area (TPSA) is 95.5 Å². The minimum absolute atomic E-state index is 0.125. The van der Waals surface area contributed by atoms with Gasteiger partial charge in [0.25, 0.3) is 5.91 Å². The molecule has 0 aliphatic rings. The molecule has 3 heterocycles. The molecule has 12 heteroatoms. The second kappa shape index (κ2) is 8.60. The molecule has 0 atom stereocenters. The lowest BCUT2D eigenvalue weighted by Crippen LogP contribution is -2.16. The first-order chi connectivity index (χ1) is 14.8. The molecule has 0 saturated heterocycles. The van der Waals surface area contributed by atoms with Gasteiger partial charge in [0.05, 0.1) is 22.4 Å². The van der Waals surface area contributed by atoms with Gasteiger partial charge in [-0.25, -0.2) is 18.7 Å². The lowest BCUT2D eigenvalue weighted by Gasteiger charge is -2.04. The zero-order valence-corrected chi connectivity index (χ0v) is 18.9. The van der Waals surface area contributed by atoms with E-state index < -0.39 is 11.7 Å². The number of halogens is 3. The van der Waals surface area contributed by atoms with Gasteiger partial charge in [0.1, 0.15) is 18.8 Å². The fraction of sp³-hybridized carbons (Fsp3) is 0.211. The van der Waals surface area contributed by atoms with E-state index in [-0.39, 0.29) is 18.2 Å². The van der Waals surface area contributed by atoms with Gasteiger partial charge >= 0.3 is 0 Å². The molecule has 160 valence electrons. The third-order valence-electron chi connectivity index (χ3n) is 4.55. The van der Waals surface area contributed by atoms with Gasteiger partial charge in [-0.1, -0.05) is 17.7 Å². The minimum Gasteiger partial charge on any atom is -0.288 e. The molecular formula is C19H17BrClFN8O. The van der Waals surface area contributed by atoms with Crippen molar-refractivity contribution in [1.29, 1.82) is 0 Å². The summed E-state index contributed by atoms with van der Waals surface area (Å²) in [5, 5.41) is 15.8. The van der Waals surface area contributed by atoms with Crippen LogP contribution in [0.4, 0.5) is 10.3 Å². The van der Waals surface area contributed by atoms with Crippen LogP contribution in [0.15, 0.2) is 41.3 Å². The average molecular weight is 508 g/mol. The number of aryl methyl sites for hydroxylation is 1. The maximum atomic E-state index is 13.2. The fourth-order valence-electron chi connectivity index (χ4n) is 2.93. The monoisotopic (exact) mass is 506 g/mol. The smallest absolute Gasteiger partial charge is 0.278 e. The number of nitrogens with zero attached hydrogens (tertiary/aromatic N) is 7. The highest BCUT2D eigenvalue weighted by molar-refractivity contribution is 9.10. The highest BCUT2D eigenvalue weighted by atomic mass is 79.9. The Morgan fingerprint density at radius 2 is 2.00 bits per heavy atom. The number of carbonyl (C=O) groups is 1. The molecule has 1 aromatic carbocycles. The van der Waals surface area contributed by atoms with E-state index in [1.54, 1.807) is 27.7 Å². The lowest BCUT2D eigenvalue weighted by molar-refractivity contribution is 0.102. The standard InChI is InChI=1S/C19H17BrClFN8O/c1-11-17(20)12(2)30(25-11)10-28-6-5-16(26-28)18(31)24-19-23-9-29(27-19)8-13-3-4-14(22)7-15(13)21/h3-7,9H,8,10H2,1-2H3,(H,24,27,31). The first kappa shape index (κ1) is 21.2. The molecule has 4 rings (SSSR count). The number of benzene rings is 1. The molecule has 0 aliphatic heterocycles. The molecule has 3 aromatic heterocycles. The van der Waals surface area contributed by atoms with Gasteiger partial charge in [0.2, 0.25) is 5.95 Å². The van der Waals surface area contributed by atoms with Gasteiger partial charge in [0.15, 0.2) is 5.69 Å². The Morgan fingerprint density at radius 3 is 2.71 bits per heavy atom. The van der Waals surface area contributed by atoms with Crippen LogP contribution in [0.5, 0.6) is 0 Å². The van der Waals surface area contributed by atoms with Crippen LogP contribution in [0, 0.1) is 19.7 Å². The van der Waals surface area contributed by atoms with E-state index in [1.165, 1.54) is 23.1 Å². The SMILES string of the molecule is Cc1nn(Cn2ccc(C(=O)Nc3ncn(Cc4ccc(F)cc4Cl)n3)n2)c(C)c1Br. The van der Waals surface area contributed by atoms with Crippen molar-refractivity contribution in [3.8, 4) is 0 Å². The molecule has 1 N–H and O–H groups in total. The van der Waals surface area contributed by atoms with Crippen molar-refractivity contribution in [3.05, 3.63) is 74.7 Å². The van der Waals surface area contributed by atoms with Crippen molar-refractivity contribution < 1.29 is 9.18 Å². The van der Waals surface area contributed by atoms with Gasteiger partial charge in [-0.3, -0.25) is 14.8 Å². The molecule has 0 unspecified atom stereocenters. The summed E-state index contributed by atoms with van der Waals surface area (Å²) in [6, 6.07) is 5.73. The summed E-state index contributed by atoms with van der Waals surface area (Å²) in [5.41, 5.74) is 2.75. The Labute approximate surface area is 190 Å². The quantitative estimate of drug-likeness (QED) is 0.430. The van der Waals surface area contributed by atoms with Gasteiger partial charge in [-0.15, -0.1) is 5.10 Å². The highest BCUT2D eigenvalue weighted by Gasteiger charge is 2.14. The number of amides is 1. The molecule has 31 heavy (non-hydrogen) atoms. The molecule has 0 bridgehead atoms. The van der Waals surface area contributed by atoms with Crippen molar-refractivity contribution in [2.75, 3.05) is 5.32 Å². The van der Waals surface area contributed by atoms with E-state index >= 15 is 0 Å². The second-order valence-electron chi connectivity index (χ2n) is 6.82. The van der Waals surface area contributed by atoms with Crippen molar-refractivity contribution >= 4 is 39.4 Å². The molecule has 0 radical (unpaired) electrons. The van der Waals surface area contributed by atoms with E-state index in [4.69, 9.17) is 11.6 Å². The third kappa shape index (κ3) is 4.67. The summed E-state index contributed by atoms with van der Waals surface area (Å²) in [6.45, 7) is 4.51. The normalized spacial score (nSPS) is 11.1. The van der Waals surface area contributed by atoms with Crippen molar-refractivity contribution in [2.24, 2.45) is 0 Å². The van der Waals surface area contributed by atoms with Crippen LogP contribution in [-0.2, 0) is 13.2 Å². The first-order valence-corrected chi connectivity index (χ1v) is 10.3. The summed E-state index contributed by atoms with van der Waals surface area (Å²) in [4.78, 5) is 16.6. The van der Waals surface area contributed by atoms with Gasteiger partial charge in [-0.2, -0.15) is 10.2 Å². The molecule has 0 saturated carbocycles. The lowest BCUT2D eigenvalue weighted by atomic mass is 10.2. The number of aromatic nitrogens is 7. The van der Waals surface area contributed by atoms with Crippen LogP contribution in [0.3, 0.4) is 0 Å². The summed E-state index contributed by atoms with van der Waals surface area (Å²) in [6.07, 6.45) is 3.15. The minimum atomic E-state index is -0.439. The second-order valence-corrected chi connectivity index (χ2v) is 8.02. The van der Waals surface area contributed by atoms with E-state index in [2.05, 4.69) is 41.5 Å². The molecule has 9 nitrogen and oxygen atoms in total. The van der Waals surface area contributed by atoms with Crippen LogP contribution in [0.1, 0.15) is 27.4 Å². The Balaban J connectivity index is 1.40. The van der Waals surface area contributed by atoms with Gasteiger partial charge < -0.3 is 0 Å². The summed E-state index contributed by atoms with van der Waals surface area (Å²) >= 11 is 9.53. The molecule has 4 aromatic rings. The van der Waals surface area contributed by atoms with Crippen LogP contribution in [0.25, 0.3) is 0 Å². The van der Waals surface area contributed by atoms with Crippen LogP contribution >= 0.6 is 27.5 Å². The van der Waals surface area contributed by atoms with Crippen LogP contribution in [0.2, 0.25) is 5.02 Å². The average Bonchev–Trinajstić information content (AvgIpc) is 3.42. The van der Waals surface area contributed by atoms with Crippen LogP contribution < -0.4 is 5.32 Å². The largest absolute Gasteiger partial charge is 0.288 e. The van der Waals surface area contributed by atoms with Gasteiger partial charge in [0, 0.05) is 11.2 Å². The predicted octanol–water partition coefficient (Wildman–Crippen LogP) is 3.65. The van der Waals surface area contributed by atoms with Crippen molar-refractivity contribution in [3.63, 3.8) is 0 Å². The van der Waals surface area contributed by atoms with E-state index in [9.17, 15) is 9.18 Å². The number of rotatable bonds is 6. The number of carbonyl (C=O) groups excluding carboxylic acids is 1. The molecule has 0 aliphatic carbocycles.